The third-order valence-corrected chi connectivity index (χ3v) is 4.79. The molecule has 1 heterocycles. The minimum absolute atomic E-state index is 0.0238. The maximum absolute atomic E-state index is 12.8. The first kappa shape index (κ1) is 14.5. The van der Waals surface area contributed by atoms with E-state index < -0.39 is 23.5 Å². The molecule has 2 aliphatic rings. The smallest absolute Gasteiger partial charge is 0.237 e. The van der Waals surface area contributed by atoms with Gasteiger partial charge in [0.15, 0.2) is 0 Å². The van der Waals surface area contributed by atoms with E-state index in [1.165, 1.54) is 0 Å². The summed E-state index contributed by atoms with van der Waals surface area (Å²) in [5.41, 5.74) is 5.19. The number of ketones is 1. The van der Waals surface area contributed by atoms with Crippen molar-refractivity contribution in [2.24, 2.45) is 17.1 Å². The Hall–Kier alpha value is -0.940. The van der Waals surface area contributed by atoms with Crippen molar-refractivity contribution in [3.05, 3.63) is 0 Å². The molecule has 2 rings (SSSR count). The third-order valence-electron chi connectivity index (χ3n) is 4.79. The molecule has 5 heteroatoms. The summed E-state index contributed by atoms with van der Waals surface area (Å²) in [6, 6.07) is -0.777. The molecule has 19 heavy (non-hydrogen) atoms. The van der Waals surface area contributed by atoms with Crippen LogP contribution in [0.25, 0.3) is 0 Å². The van der Waals surface area contributed by atoms with Gasteiger partial charge in [-0.3, -0.25) is 9.59 Å². The van der Waals surface area contributed by atoms with Crippen LogP contribution in [0.5, 0.6) is 0 Å². The number of aliphatic hydroxyl groups excluding tert-OH is 1. The maximum atomic E-state index is 12.8. The molecule has 0 aromatic carbocycles. The highest BCUT2D eigenvalue weighted by Crippen LogP contribution is 2.40. The highest BCUT2D eigenvalue weighted by atomic mass is 16.3. The van der Waals surface area contributed by atoms with E-state index in [0.717, 1.165) is 19.3 Å². The van der Waals surface area contributed by atoms with Crippen molar-refractivity contribution in [1.29, 1.82) is 0 Å². The van der Waals surface area contributed by atoms with E-state index in [9.17, 15) is 14.7 Å². The van der Waals surface area contributed by atoms with E-state index in [0.29, 0.717) is 25.8 Å². The number of hydrogen-bond donors (Lipinski definition) is 3. The van der Waals surface area contributed by atoms with Crippen LogP contribution in [-0.4, -0.2) is 35.5 Å². The Morgan fingerprint density at radius 2 is 2.11 bits per heavy atom. The van der Waals surface area contributed by atoms with Crippen LogP contribution >= 0.6 is 0 Å². The highest BCUT2D eigenvalue weighted by Gasteiger charge is 2.47. The van der Waals surface area contributed by atoms with Gasteiger partial charge in [0.05, 0.1) is 17.6 Å². The maximum Gasteiger partial charge on any atom is 0.237 e. The molecule has 4 atom stereocenters. The monoisotopic (exact) mass is 268 g/mol. The lowest BCUT2D eigenvalue weighted by molar-refractivity contribution is -0.144. The SMILES string of the molecule is CC1(C(=O)C2CCCNC(=O)[C@H]2N)CCCCC1O. The summed E-state index contributed by atoms with van der Waals surface area (Å²) in [5.74, 6) is -0.728. The number of Topliss-reactive ketones (excluding diaryl/α,β-unsaturated/α-hetero) is 1. The first-order chi connectivity index (χ1) is 8.97. The van der Waals surface area contributed by atoms with Gasteiger partial charge in [-0.25, -0.2) is 0 Å². The van der Waals surface area contributed by atoms with Crippen LogP contribution in [0, 0.1) is 11.3 Å². The summed E-state index contributed by atoms with van der Waals surface area (Å²) in [6.45, 7) is 2.41. The minimum atomic E-state index is -0.777. The molecule has 1 aliphatic heterocycles. The Kier molecular flexibility index (Phi) is 4.26. The fourth-order valence-electron chi connectivity index (χ4n) is 3.33. The van der Waals surface area contributed by atoms with E-state index in [1.807, 2.05) is 6.92 Å². The molecule has 0 aromatic heterocycles. The number of nitrogens with one attached hydrogen (secondary N) is 1. The Balaban J connectivity index is 2.19. The number of nitrogens with two attached hydrogens (primary N) is 1. The van der Waals surface area contributed by atoms with Gasteiger partial charge in [0, 0.05) is 12.5 Å². The van der Waals surface area contributed by atoms with Crippen LogP contribution in [0.15, 0.2) is 0 Å². The molecule has 1 saturated carbocycles. The first-order valence-electron chi connectivity index (χ1n) is 7.22. The van der Waals surface area contributed by atoms with Crippen molar-refractivity contribution in [1.82, 2.24) is 5.32 Å². The molecular formula is C14H24N2O3. The second-order valence-corrected chi connectivity index (χ2v) is 6.11. The van der Waals surface area contributed by atoms with Crippen LogP contribution < -0.4 is 11.1 Å². The predicted molar refractivity (Wildman–Crippen MR) is 71.3 cm³/mol. The Morgan fingerprint density at radius 1 is 1.37 bits per heavy atom. The fourth-order valence-corrected chi connectivity index (χ4v) is 3.33. The van der Waals surface area contributed by atoms with Crippen LogP contribution in [0.4, 0.5) is 0 Å². The van der Waals surface area contributed by atoms with Crippen molar-refractivity contribution in [2.45, 2.75) is 57.6 Å². The topological polar surface area (TPSA) is 92.4 Å². The molecule has 0 bridgehead atoms. The fraction of sp³-hybridized carbons (Fsp3) is 0.857. The molecule has 0 spiro atoms. The van der Waals surface area contributed by atoms with Crippen molar-refractivity contribution >= 4 is 11.7 Å². The zero-order valence-corrected chi connectivity index (χ0v) is 11.5. The van der Waals surface area contributed by atoms with Gasteiger partial charge in [-0.1, -0.05) is 19.8 Å². The van der Waals surface area contributed by atoms with Gasteiger partial charge in [0.25, 0.3) is 0 Å². The second-order valence-electron chi connectivity index (χ2n) is 6.11. The Morgan fingerprint density at radius 3 is 2.79 bits per heavy atom. The molecule has 2 fully saturated rings. The lowest BCUT2D eigenvalue weighted by Crippen LogP contribution is -2.52. The summed E-state index contributed by atoms with van der Waals surface area (Å²) in [7, 11) is 0. The zero-order chi connectivity index (χ0) is 14.0. The lowest BCUT2D eigenvalue weighted by atomic mass is 9.66. The van der Waals surface area contributed by atoms with Crippen LogP contribution in [-0.2, 0) is 9.59 Å². The van der Waals surface area contributed by atoms with E-state index >= 15 is 0 Å². The molecule has 4 N–H and O–H groups in total. The minimum Gasteiger partial charge on any atom is -0.392 e. The van der Waals surface area contributed by atoms with Gasteiger partial charge < -0.3 is 16.2 Å². The quantitative estimate of drug-likeness (QED) is 0.674. The number of amides is 1. The average molecular weight is 268 g/mol. The Labute approximate surface area is 113 Å². The molecule has 0 aromatic rings. The van der Waals surface area contributed by atoms with Crippen molar-refractivity contribution in [3.63, 3.8) is 0 Å². The molecular weight excluding hydrogens is 244 g/mol. The highest BCUT2D eigenvalue weighted by molar-refractivity contribution is 5.94. The molecule has 108 valence electrons. The molecule has 5 nitrogen and oxygen atoms in total. The number of rotatable bonds is 2. The van der Waals surface area contributed by atoms with E-state index in [1.54, 1.807) is 0 Å². The summed E-state index contributed by atoms with van der Waals surface area (Å²) < 4.78 is 0. The molecule has 1 aliphatic carbocycles. The predicted octanol–water partition coefficient (Wildman–Crippen LogP) is 0.350. The van der Waals surface area contributed by atoms with Gasteiger partial charge in [-0.2, -0.15) is 0 Å². The van der Waals surface area contributed by atoms with Crippen molar-refractivity contribution < 1.29 is 14.7 Å². The number of aliphatic hydroxyl groups is 1. The molecule has 1 saturated heterocycles. The van der Waals surface area contributed by atoms with Gasteiger partial charge in [0.2, 0.25) is 5.91 Å². The van der Waals surface area contributed by atoms with E-state index in [4.69, 9.17) is 5.73 Å². The van der Waals surface area contributed by atoms with Gasteiger partial charge >= 0.3 is 0 Å². The van der Waals surface area contributed by atoms with Crippen LogP contribution in [0.2, 0.25) is 0 Å². The first-order valence-corrected chi connectivity index (χ1v) is 7.22. The van der Waals surface area contributed by atoms with Gasteiger partial charge in [-0.05, 0) is 25.7 Å². The number of carbonyl (C=O) groups excluding carboxylic acids is 2. The summed E-state index contributed by atoms with van der Waals surface area (Å²) in [6.07, 6.45) is 4.05. The van der Waals surface area contributed by atoms with Crippen molar-refractivity contribution in [3.8, 4) is 0 Å². The van der Waals surface area contributed by atoms with E-state index in [-0.39, 0.29) is 11.7 Å². The third kappa shape index (κ3) is 2.67. The second kappa shape index (κ2) is 5.59. The van der Waals surface area contributed by atoms with Crippen LogP contribution in [0.3, 0.4) is 0 Å². The lowest BCUT2D eigenvalue weighted by Gasteiger charge is -2.39. The largest absolute Gasteiger partial charge is 0.392 e. The zero-order valence-electron chi connectivity index (χ0n) is 11.5. The van der Waals surface area contributed by atoms with Crippen LogP contribution in [0.1, 0.15) is 45.4 Å². The number of carbonyl (C=O) groups is 2. The number of hydrogen-bond acceptors (Lipinski definition) is 4. The van der Waals surface area contributed by atoms with Crippen molar-refractivity contribution in [2.75, 3.05) is 6.54 Å². The normalized spacial score (nSPS) is 40.4. The molecule has 1 amide bonds. The summed E-state index contributed by atoms with van der Waals surface area (Å²) in [4.78, 5) is 24.5. The Bertz CT molecular complexity index is 372. The van der Waals surface area contributed by atoms with E-state index in [2.05, 4.69) is 5.32 Å². The standard InChI is InChI=1S/C14H24N2O3/c1-14(7-3-2-6-10(14)17)12(18)9-5-4-8-16-13(19)11(9)15/h9-11,17H,2-8,15H2,1H3,(H,16,19)/t9?,10?,11-,14?/m0/s1. The summed E-state index contributed by atoms with van der Waals surface area (Å²) >= 11 is 0. The van der Waals surface area contributed by atoms with Gasteiger partial charge in [0.1, 0.15) is 5.78 Å². The molecule has 0 radical (unpaired) electrons. The van der Waals surface area contributed by atoms with Gasteiger partial charge in [-0.15, -0.1) is 0 Å². The summed E-state index contributed by atoms with van der Waals surface area (Å²) in [5, 5.41) is 12.9. The average Bonchev–Trinajstić information content (AvgIpc) is 2.55. The molecule has 3 unspecified atom stereocenters.